The van der Waals surface area contributed by atoms with Crippen molar-refractivity contribution in [3.63, 3.8) is 0 Å². The summed E-state index contributed by atoms with van der Waals surface area (Å²) in [5, 5.41) is 18.2. The molecule has 100 valence electrons. The van der Waals surface area contributed by atoms with Crippen molar-refractivity contribution in [2.24, 2.45) is 0 Å². The minimum Gasteiger partial charge on any atom is -0.345 e. The molecule has 1 amide bonds. The van der Waals surface area contributed by atoms with Gasteiger partial charge in [-0.05, 0) is 30.5 Å². The number of aromatic amines is 1. The van der Waals surface area contributed by atoms with Crippen LogP contribution in [-0.4, -0.2) is 21.1 Å². The molecule has 20 heavy (non-hydrogen) atoms. The largest absolute Gasteiger partial charge is 0.345 e. The Balaban J connectivity index is 1.59. The Morgan fingerprint density at radius 3 is 2.80 bits per heavy atom. The van der Waals surface area contributed by atoms with Crippen LogP contribution in [0.3, 0.4) is 0 Å². The van der Waals surface area contributed by atoms with E-state index in [0.717, 1.165) is 24.2 Å². The number of hydrogen-bond donors (Lipinski definition) is 2. The van der Waals surface area contributed by atoms with Gasteiger partial charge >= 0.3 is 0 Å². The van der Waals surface area contributed by atoms with Crippen molar-refractivity contribution in [1.29, 1.82) is 5.26 Å². The Morgan fingerprint density at radius 1 is 1.40 bits per heavy atom. The summed E-state index contributed by atoms with van der Waals surface area (Å²) < 4.78 is 0. The number of aromatic nitrogens is 3. The molecule has 0 aliphatic heterocycles. The van der Waals surface area contributed by atoms with Crippen LogP contribution in [0.25, 0.3) is 0 Å². The Kier molecular flexibility index (Phi) is 3.17. The molecule has 1 aromatic carbocycles. The van der Waals surface area contributed by atoms with Gasteiger partial charge in [0.2, 0.25) is 5.82 Å². The third-order valence-electron chi connectivity index (χ3n) is 3.21. The van der Waals surface area contributed by atoms with Crippen molar-refractivity contribution in [3.8, 4) is 6.07 Å². The van der Waals surface area contributed by atoms with E-state index in [9.17, 15) is 4.79 Å². The standard InChI is InChI=1S/C14H13N5O/c15-7-9-1-3-10(4-2-9)8-16-14(20)13-17-12(18-19-13)11-5-6-11/h1-4,11H,5-6,8H2,(H,16,20)(H,17,18,19). The molecular weight excluding hydrogens is 254 g/mol. The highest BCUT2D eigenvalue weighted by atomic mass is 16.2. The second-order valence-electron chi connectivity index (χ2n) is 4.81. The lowest BCUT2D eigenvalue weighted by Gasteiger charge is -2.02. The van der Waals surface area contributed by atoms with E-state index in [2.05, 4.69) is 26.6 Å². The fourth-order valence-corrected chi connectivity index (χ4v) is 1.87. The van der Waals surface area contributed by atoms with Gasteiger partial charge in [-0.15, -0.1) is 5.10 Å². The zero-order valence-corrected chi connectivity index (χ0v) is 10.8. The zero-order chi connectivity index (χ0) is 13.9. The van der Waals surface area contributed by atoms with Gasteiger partial charge in [0.05, 0.1) is 11.6 Å². The van der Waals surface area contributed by atoms with Gasteiger partial charge in [-0.1, -0.05) is 12.1 Å². The van der Waals surface area contributed by atoms with E-state index in [4.69, 9.17) is 5.26 Å². The number of H-pyrrole nitrogens is 1. The van der Waals surface area contributed by atoms with Crippen molar-refractivity contribution in [3.05, 3.63) is 47.0 Å². The predicted octanol–water partition coefficient (Wildman–Crippen LogP) is 1.48. The number of nitrogens with one attached hydrogen (secondary N) is 2. The molecule has 1 aliphatic carbocycles. The number of amides is 1. The molecule has 1 heterocycles. The second kappa shape index (κ2) is 5.13. The number of carbonyl (C=O) groups excluding carboxylic acids is 1. The average Bonchev–Trinajstić information content (AvgIpc) is 3.22. The zero-order valence-electron chi connectivity index (χ0n) is 10.8. The van der Waals surface area contributed by atoms with Crippen molar-refractivity contribution in [2.45, 2.75) is 25.3 Å². The van der Waals surface area contributed by atoms with Crippen molar-refractivity contribution in [1.82, 2.24) is 20.5 Å². The minimum absolute atomic E-state index is 0.181. The minimum atomic E-state index is -0.294. The summed E-state index contributed by atoms with van der Waals surface area (Å²) in [5.74, 6) is 1.13. The first-order valence-corrected chi connectivity index (χ1v) is 6.46. The summed E-state index contributed by atoms with van der Waals surface area (Å²) in [6.45, 7) is 0.387. The van der Waals surface area contributed by atoms with E-state index < -0.39 is 0 Å². The van der Waals surface area contributed by atoms with E-state index in [1.54, 1.807) is 12.1 Å². The van der Waals surface area contributed by atoms with Crippen LogP contribution in [0.1, 0.15) is 46.3 Å². The monoisotopic (exact) mass is 267 g/mol. The molecule has 0 unspecified atom stereocenters. The molecular formula is C14H13N5O. The first kappa shape index (κ1) is 12.4. The van der Waals surface area contributed by atoms with Gasteiger partial charge in [-0.25, -0.2) is 4.98 Å². The fourth-order valence-electron chi connectivity index (χ4n) is 1.87. The van der Waals surface area contributed by atoms with Crippen LogP contribution in [0.5, 0.6) is 0 Å². The summed E-state index contributed by atoms with van der Waals surface area (Å²) >= 11 is 0. The lowest BCUT2D eigenvalue weighted by Crippen LogP contribution is -2.24. The van der Waals surface area contributed by atoms with Gasteiger partial charge in [0.25, 0.3) is 5.91 Å². The molecule has 1 saturated carbocycles. The maximum absolute atomic E-state index is 11.9. The molecule has 1 fully saturated rings. The van der Waals surface area contributed by atoms with Gasteiger partial charge in [0.15, 0.2) is 0 Å². The van der Waals surface area contributed by atoms with Crippen LogP contribution in [-0.2, 0) is 6.54 Å². The Morgan fingerprint density at radius 2 is 2.15 bits per heavy atom. The highest BCUT2D eigenvalue weighted by molar-refractivity contribution is 5.90. The molecule has 0 atom stereocenters. The number of nitriles is 1. The lowest BCUT2D eigenvalue weighted by molar-refractivity contribution is 0.0941. The first-order valence-electron chi connectivity index (χ1n) is 6.46. The van der Waals surface area contributed by atoms with E-state index in [1.165, 1.54) is 0 Å². The molecule has 1 aliphatic rings. The maximum atomic E-state index is 11.9. The predicted molar refractivity (Wildman–Crippen MR) is 70.7 cm³/mol. The fraction of sp³-hybridized carbons (Fsp3) is 0.286. The topological polar surface area (TPSA) is 94.5 Å². The van der Waals surface area contributed by atoms with Crippen LogP contribution in [0.15, 0.2) is 24.3 Å². The maximum Gasteiger partial charge on any atom is 0.291 e. The van der Waals surface area contributed by atoms with Gasteiger partial charge in [0, 0.05) is 12.5 Å². The highest BCUT2D eigenvalue weighted by Crippen LogP contribution is 2.37. The number of rotatable bonds is 4. The van der Waals surface area contributed by atoms with Crippen LogP contribution in [0, 0.1) is 11.3 Å². The van der Waals surface area contributed by atoms with Crippen LogP contribution in [0.4, 0.5) is 0 Å². The van der Waals surface area contributed by atoms with E-state index in [1.807, 2.05) is 12.1 Å². The van der Waals surface area contributed by atoms with Gasteiger partial charge in [0.1, 0.15) is 5.82 Å². The first-order chi connectivity index (χ1) is 9.76. The summed E-state index contributed by atoms with van der Waals surface area (Å²) in [6, 6.07) is 9.12. The SMILES string of the molecule is N#Cc1ccc(CNC(=O)c2n[nH]c(C3CC3)n2)cc1. The molecule has 0 spiro atoms. The van der Waals surface area contributed by atoms with Gasteiger partial charge in [-0.3, -0.25) is 9.89 Å². The Labute approximate surface area is 115 Å². The van der Waals surface area contributed by atoms with Crippen molar-refractivity contribution >= 4 is 5.91 Å². The number of nitrogens with zero attached hydrogens (tertiary/aromatic N) is 3. The molecule has 0 bridgehead atoms. The quantitative estimate of drug-likeness (QED) is 0.877. The molecule has 2 aromatic rings. The van der Waals surface area contributed by atoms with Crippen LogP contribution < -0.4 is 5.32 Å². The third kappa shape index (κ3) is 2.67. The Bertz CT molecular complexity index is 664. The van der Waals surface area contributed by atoms with Crippen LogP contribution in [0.2, 0.25) is 0 Å². The van der Waals surface area contributed by atoms with E-state index in [-0.39, 0.29) is 11.7 Å². The molecule has 6 nitrogen and oxygen atoms in total. The summed E-state index contributed by atoms with van der Waals surface area (Å²) in [6.07, 6.45) is 2.23. The van der Waals surface area contributed by atoms with E-state index in [0.29, 0.717) is 18.0 Å². The third-order valence-corrected chi connectivity index (χ3v) is 3.21. The lowest BCUT2D eigenvalue weighted by atomic mass is 10.1. The second-order valence-corrected chi connectivity index (χ2v) is 4.81. The molecule has 0 saturated heterocycles. The molecule has 2 N–H and O–H groups in total. The number of benzene rings is 1. The average molecular weight is 267 g/mol. The number of carbonyl (C=O) groups is 1. The highest BCUT2D eigenvalue weighted by Gasteiger charge is 2.28. The number of hydrogen-bond acceptors (Lipinski definition) is 4. The Hall–Kier alpha value is -2.68. The smallest absolute Gasteiger partial charge is 0.291 e. The molecule has 0 radical (unpaired) electrons. The molecule has 6 heteroatoms. The summed E-state index contributed by atoms with van der Waals surface area (Å²) in [7, 11) is 0. The van der Waals surface area contributed by atoms with Crippen molar-refractivity contribution in [2.75, 3.05) is 0 Å². The van der Waals surface area contributed by atoms with Crippen molar-refractivity contribution < 1.29 is 4.79 Å². The summed E-state index contributed by atoms with van der Waals surface area (Å²) in [4.78, 5) is 16.1. The molecule has 1 aromatic heterocycles. The molecule has 3 rings (SSSR count). The van der Waals surface area contributed by atoms with Crippen LogP contribution >= 0.6 is 0 Å². The normalized spacial score (nSPS) is 13.8. The summed E-state index contributed by atoms with van der Waals surface area (Å²) in [5.41, 5.74) is 1.53. The van der Waals surface area contributed by atoms with E-state index >= 15 is 0 Å². The van der Waals surface area contributed by atoms with Gasteiger partial charge < -0.3 is 5.32 Å². The van der Waals surface area contributed by atoms with Gasteiger partial charge in [-0.2, -0.15) is 5.26 Å².